The number of nitrogens with zero attached hydrogens (tertiary/aromatic N) is 4. The molecule has 6 nitrogen and oxygen atoms in total. The Hall–Kier alpha value is -1.16. The standard InChI is InChI=1S/C17H28N6S.HI/c1-7-16-21-14(10-24-16)9-19-17(18-5)20-11(2)8-15-12(3)22-23(6)13(15)4;/h10-11H,7-9H2,1-6H3,(H2,18,19,20);1H. The van der Waals surface area contributed by atoms with Crippen LogP contribution in [0.3, 0.4) is 0 Å². The zero-order valence-electron chi connectivity index (χ0n) is 15.9. The third-order valence-corrected chi connectivity index (χ3v) is 5.16. The first-order valence-electron chi connectivity index (χ1n) is 8.34. The molecule has 0 aromatic carbocycles. The van der Waals surface area contributed by atoms with Gasteiger partial charge in [0, 0.05) is 31.2 Å². The highest BCUT2D eigenvalue weighted by molar-refractivity contribution is 14.0. The number of hydrogen-bond donors (Lipinski definition) is 2. The van der Waals surface area contributed by atoms with Gasteiger partial charge in [0.1, 0.15) is 0 Å². The second-order valence-corrected chi connectivity index (χ2v) is 6.98. The van der Waals surface area contributed by atoms with Gasteiger partial charge in [-0.25, -0.2) is 4.98 Å². The minimum absolute atomic E-state index is 0. The van der Waals surface area contributed by atoms with Gasteiger partial charge in [0.15, 0.2) is 5.96 Å². The molecule has 1 atom stereocenters. The van der Waals surface area contributed by atoms with E-state index in [1.165, 1.54) is 16.3 Å². The van der Waals surface area contributed by atoms with Crippen molar-refractivity contribution in [2.75, 3.05) is 7.05 Å². The largest absolute Gasteiger partial charge is 0.354 e. The Kier molecular flexibility index (Phi) is 8.84. The predicted molar refractivity (Wildman–Crippen MR) is 116 cm³/mol. The van der Waals surface area contributed by atoms with E-state index in [0.29, 0.717) is 6.54 Å². The summed E-state index contributed by atoms with van der Waals surface area (Å²) in [5, 5.41) is 14.5. The molecule has 0 saturated carbocycles. The van der Waals surface area contributed by atoms with Crippen molar-refractivity contribution >= 4 is 41.3 Å². The monoisotopic (exact) mass is 476 g/mol. The molecule has 0 amide bonds. The maximum absolute atomic E-state index is 4.57. The summed E-state index contributed by atoms with van der Waals surface area (Å²) >= 11 is 1.71. The average molecular weight is 476 g/mol. The van der Waals surface area contributed by atoms with Crippen LogP contribution in [0.25, 0.3) is 0 Å². The highest BCUT2D eigenvalue weighted by atomic mass is 127. The van der Waals surface area contributed by atoms with E-state index in [1.54, 1.807) is 18.4 Å². The Morgan fingerprint density at radius 1 is 1.40 bits per heavy atom. The summed E-state index contributed by atoms with van der Waals surface area (Å²) in [4.78, 5) is 8.88. The SMILES string of the molecule is CCc1nc(CNC(=NC)NC(C)Cc2c(C)nn(C)c2C)cs1.I. The summed E-state index contributed by atoms with van der Waals surface area (Å²) < 4.78 is 1.94. The molecule has 25 heavy (non-hydrogen) atoms. The first-order valence-corrected chi connectivity index (χ1v) is 9.22. The molecule has 0 saturated heterocycles. The van der Waals surface area contributed by atoms with Crippen LogP contribution in [0.5, 0.6) is 0 Å². The van der Waals surface area contributed by atoms with Crippen molar-refractivity contribution in [1.29, 1.82) is 0 Å². The molecular formula is C17H29IN6S. The number of hydrogen-bond acceptors (Lipinski definition) is 4. The Morgan fingerprint density at radius 3 is 2.64 bits per heavy atom. The first kappa shape index (κ1) is 21.9. The first-order chi connectivity index (χ1) is 11.4. The van der Waals surface area contributed by atoms with Gasteiger partial charge in [0.25, 0.3) is 0 Å². The molecule has 0 spiro atoms. The van der Waals surface area contributed by atoms with Crippen molar-refractivity contribution in [3.05, 3.63) is 33.0 Å². The Morgan fingerprint density at radius 2 is 2.12 bits per heavy atom. The highest BCUT2D eigenvalue weighted by Gasteiger charge is 2.14. The van der Waals surface area contributed by atoms with E-state index in [2.05, 4.69) is 58.8 Å². The molecule has 0 fully saturated rings. The maximum Gasteiger partial charge on any atom is 0.191 e. The van der Waals surface area contributed by atoms with E-state index >= 15 is 0 Å². The summed E-state index contributed by atoms with van der Waals surface area (Å²) in [5.41, 5.74) is 4.69. The molecule has 0 aliphatic carbocycles. The lowest BCUT2D eigenvalue weighted by Crippen LogP contribution is -2.42. The fourth-order valence-corrected chi connectivity index (χ4v) is 3.41. The number of halogens is 1. The zero-order valence-corrected chi connectivity index (χ0v) is 19.0. The van der Waals surface area contributed by atoms with Gasteiger partial charge in [-0.1, -0.05) is 6.92 Å². The molecule has 2 N–H and O–H groups in total. The third-order valence-electron chi connectivity index (χ3n) is 4.11. The Bertz CT molecular complexity index is 706. The molecule has 0 aliphatic rings. The van der Waals surface area contributed by atoms with Gasteiger partial charge in [-0.3, -0.25) is 9.67 Å². The normalized spacial score (nSPS) is 12.6. The van der Waals surface area contributed by atoms with E-state index in [4.69, 9.17) is 0 Å². The van der Waals surface area contributed by atoms with E-state index < -0.39 is 0 Å². The van der Waals surface area contributed by atoms with Crippen molar-refractivity contribution in [2.45, 2.75) is 53.1 Å². The number of aromatic nitrogens is 3. The van der Waals surface area contributed by atoms with Crippen LogP contribution >= 0.6 is 35.3 Å². The number of guanidine groups is 1. The topological polar surface area (TPSA) is 67.1 Å². The summed E-state index contributed by atoms with van der Waals surface area (Å²) in [6.45, 7) is 9.16. The van der Waals surface area contributed by atoms with Gasteiger partial charge in [-0.15, -0.1) is 35.3 Å². The van der Waals surface area contributed by atoms with E-state index in [1.807, 2.05) is 11.7 Å². The van der Waals surface area contributed by atoms with Crippen LogP contribution < -0.4 is 10.6 Å². The van der Waals surface area contributed by atoms with Crippen molar-refractivity contribution in [1.82, 2.24) is 25.4 Å². The van der Waals surface area contributed by atoms with Crippen LogP contribution in [-0.2, 0) is 26.4 Å². The molecule has 0 aliphatic heterocycles. The second-order valence-electron chi connectivity index (χ2n) is 6.03. The lowest BCUT2D eigenvalue weighted by Gasteiger charge is -2.18. The molecule has 2 heterocycles. The molecule has 0 bridgehead atoms. The Balaban J connectivity index is 0.00000312. The maximum atomic E-state index is 4.57. The van der Waals surface area contributed by atoms with Crippen molar-refractivity contribution < 1.29 is 0 Å². The van der Waals surface area contributed by atoms with Gasteiger partial charge in [-0.2, -0.15) is 5.10 Å². The predicted octanol–water partition coefficient (Wildman–Crippen LogP) is 2.97. The molecule has 0 radical (unpaired) electrons. The summed E-state index contributed by atoms with van der Waals surface area (Å²) in [6, 6.07) is 0.263. The molecular weight excluding hydrogens is 447 g/mol. The number of nitrogens with one attached hydrogen (secondary N) is 2. The van der Waals surface area contributed by atoms with E-state index in [0.717, 1.165) is 30.2 Å². The van der Waals surface area contributed by atoms with Gasteiger partial charge in [0.2, 0.25) is 0 Å². The van der Waals surface area contributed by atoms with Crippen molar-refractivity contribution in [2.24, 2.45) is 12.0 Å². The van der Waals surface area contributed by atoms with Crippen LogP contribution in [0.15, 0.2) is 10.4 Å². The number of aliphatic imine (C=N–C) groups is 1. The number of rotatable bonds is 6. The smallest absolute Gasteiger partial charge is 0.191 e. The van der Waals surface area contributed by atoms with Crippen LogP contribution in [0.2, 0.25) is 0 Å². The molecule has 2 aromatic heterocycles. The molecule has 8 heteroatoms. The molecule has 1 unspecified atom stereocenters. The highest BCUT2D eigenvalue weighted by Crippen LogP contribution is 2.14. The summed E-state index contributed by atoms with van der Waals surface area (Å²) in [6.07, 6.45) is 1.90. The van der Waals surface area contributed by atoms with Crippen LogP contribution in [0, 0.1) is 13.8 Å². The van der Waals surface area contributed by atoms with Gasteiger partial charge in [0.05, 0.1) is 22.9 Å². The number of thiazole rings is 1. The number of aryl methyl sites for hydroxylation is 3. The second kappa shape index (κ2) is 10.1. The minimum Gasteiger partial charge on any atom is -0.354 e. The minimum atomic E-state index is 0. The van der Waals surface area contributed by atoms with Crippen molar-refractivity contribution in [3.8, 4) is 0 Å². The van der Waals surface area contributed by atoms with Crippen LogP contribution in [0.4, 0.5) is 0 Å². The fraction of sp³-hybridized carbons (Fsp3) is 0.588. The zero-order chi connectivity index (χ0) is 17.7. The lowest BCUT2D eigenvalue weighted by molar-refractivity contribution is 0.634. The van der Waals surface area contributed by atoms with Gasteiger partial charge >= 0.3 is 0 Å². The molecule has 2 rings (SSSR count). The summed E-state index contributed by atoms with van der Waals surface area (Å²) in [5.74, 6) is 0.799. The fourth-order valence-electron chi connectivity index (χ4n) is 2.66. The van der Waals surface area contributed by atoms with Gasteiger partial charge in [-0.05, 0) is 39.2 Å². The van der Waals surface area contributed by atoms with E-state index in [-0.39, 0.29) is 30.0 Å². The molecule has 2 aromatic rings. The quantitative estimate of drug-likeness (QED) is 0.382. The Labute approximate surface area is 171 Å². The molecule has 140 valence electrons. The average Bonchev–Trinajstić information content (AvgIpc) is 3.11. The third kappa shape index (κ3) is 5.95. The van der Waals surface area contributed by atoms with E-state index in [9.17, 15) is 0 Å². The lowest BCUT2D eigenvalue weighted by atomic mass is 10.1. The van der Waals surface area contributed by atoms with Crippen LogP contribution in [0.1, 0.15) is 41.5 Å². The van der Waals surface area contributed by atoms with Crippen LogP contribution in [-0.4, -0.2) is 33.8 Å². The van der Waals surface area contributed by atoms with Crippen molar-refractivity contribution in [3.63, 3.8) is 0 Å². The van der Waals surface area contributed by atoms with Gasteiger partial charge < -0.3 is 10.6 Å². The summed E-state index contributed by atoms with van der Waals surface area (Å²) in [7, 11) is 3.78.